The van der Waals surface area contributed by atoms with Crippen LogP contribution < -0.4 is 15.0 Å². The molecule has 0 saturated carbocycles. The largest absolute Gasteiger partial charge is 0.497 e. The van der Waals surface area contributed by atoms with E-state index in [0.29, 0.717) is 13.1 Å². The zero-order valence-corrected chi connectivity index (χ0v) is 11.9. The third kappa shape index (κ3) is 3.10. The monoisotopic (exact) mass is 276 g/mol. The number of hydrogen-bond acceptors (Lipinski definition) is 3. The zero-order valence-electron chi connectivity index (χ0n) is 11.9. The van der Waals surface area contributed by atoms with Crippen LogP contribution in [0, 0.1) is 5.92 Å². The van der Waals surface area contributed by atoms with Crippen molar-refractivity contribution in [2.75, 3.05) is 25.1 Å². The van der Waals surface area contributed by atoms with Gasteiger partial charge in [0, 0.05) is 25.2 Å². The highest BCUT2D eigenvalue weighted by molar-refractivity contribution is 6.00. The Morgan fingerprint density at radius 2 is 2.10 bits per heavy atom. The Kier molecular flexibility index (Phi) is 4.61. The van der Waals surface area contributed by atoms with Crippen LogP contribution in [-0.4, -0.2) is 32.0 Å². The standard InChI is InChI=1S/C15H20N2O3/c1-3-8-16-15(19)11-9-14(18)17(10-11)12-4-6-13(20-2)7-5-12/h4-7,11H,3,8-10H2,1-2H3,(H,16,19). The lowest BCUT2D eigenvalue weighted by molar-refractivity contribution is -0.126. The van der Waals surface area contributed by atoms with Crippen molar-refractivity contribution in [3.63, 3.8) is 0 Å². The van der Waals surface area contributed by atoms with Crippen molar-refractivity contribution < 1.29 is 14.3 Å². The molecular weight excluding hydrogens is 256 g/mol. The summed E-state index contributed by atoms with van der Waals surface area (Å²) in [6.07, 6.45) is 1.18. The minimum absolute atomic E-state index is 0.00758. The van der Waals surface area contributed by atoms with Gasteiger partial charge in [-0.25, -0.2) is 0 Å². The fourth-order valence-corrected chi connectivity index (χ4v) is 2.29. The Bertz CT molecular complexity index is 484. The average molecular weight is 276 g/mol. The van der Waals surface area contributed by atoms with E-state index < -0.39 is 0 Å². The summed E-state index contributed by atoms with van der Waals surface area (Å²) >= 11 is 0. The molecule has 0 radical (unpaired) electrons. The highest BCUT2D eigenvalue weighted by Crippen LogP contribution is 2.26. The molecule has 1 fully saturated rings. The van der Waals surface area contributed by atoms with Crippen molar-refractivity contribution in [3.05, 3.63) is 24.3 Å². The van der Waals surface area contributed by atoms with Gasteiger partial charge in [0.15, 0.2) is 0 Å². The van der Waals surface area contributed by atoms with E-state index in [-0.39, 0.29) is 24.2 Å². The summed E-state index contributed by atoms with van der Waals surface area (Å²) < 4.78 is 5.09. The first-order chi connectivity index (χ1) is 9.65. The molecule has 1 saturated heterocycles. The lowest BCUT2D eigenvalue weighted by Gasteiger charge is -2.17. The predicted octanol–water partition coefficient (Wildman–Crippen LogP) is 1.57. The maximum atomic E-state index is 12.0. The van der Waals surface area contributed by atoms with Crippen LogP contribution >= 0.6 is 0 Å². The number of anilines is 1. The average Bonchev–Trinajstić information content (AvgIpc) is 2.87. The van der Waals surface area contributed by atoms with Gasteiger partial charge >= 0.3 is 0 Å². The number of benzene rings is 1. The van der Waals surface area contributed by atoms with Crippen LogP contribution in [-0.2, 0) is 9.59 Å². The van der Waals surface area contributed by atoms with E-state index in [1.807, 2.05) is 31.2 Å². The predicted molar refractivity (Wildman–Crippen MR) is 76.8 cm³/mol. The van der Waals surface area contributed by atoms with E-state index in [0.717, 1.165) is 17.9 Å². The molecule has 1 heterocycles. The van der Waals surface area contributed by atoms with Crippen molar-refractivity contribution in [2.24, 2.45) is 5.92 Å². The van der Waals surface area contributed by atoms with Gasteiger partial charge in [0.2, 0.25) is 11.8 Å². The fraction of sp³-hybridized carbons (Fsp3) is 0.467. The second-order valence-electron chi connectivity index (χ2n) is 4.89. The molecule has 1 aromatic rings. The van der Waals surface area contributed by atoms with Crippen molar-refractivity contribution in [3.8, 4) is 5.75 Å². The summed E-state index contributed by atoms with van der Waals surface area (Å²) in [5.41, 5.74) is 0.807. The number of carbonyl (C=O) groups excluding carboxylic acids is 2. The van der Waals surface area contributed by atoms with E-state index in [9.17, 15) is 9.59 Å². The number of rotatable bonds is 5. The third-order valence-corrected chi connectivity index (χ3v) is 3.43. The van der Waals surface area contributed by atoms with Gasteiger partial charge in [0.1, 0.15) is 5.75 Å². The second-order valence-corrected chi connectivity index (χ2v) is 4.89. The Morgan fingerprint density at radius 3 is 2.70 bits per heavy atom. The first-order valence-corrected chi connectivity index (χ1v) is 6.87. The maximum Gasteiger partial charge on any atom is 0.227 e. The van der Waals surface area contributed by atoms with Gasteiger partial charge in [-0.3, -0.25) is 9.59 Å². The topological polar surface area (TPSA) is 58.6 Å². The van der Waals surface area contributed by atoms with E-state index in [2.05, 4.69) is 5.32 Å². The number of ether oxygens (including phenoxy) is 1. The number of nitrogens with one attached hydrogen (secondary N) is 1. The van der Waals surface area contributed by atoms with E-state index in [1.165, 1.54) is 0 Å². The SMILES string of the molecule is CCCNC(=O)C1CC(=O)N(c2ccc(OC)cc2)C1. The minimum atomic E-state index is -0.254. The molecule has 1 unspecified atom stereocenters. The molecular formula is C15H20N2O3. The van der Waals surface area contributed by atoms with Gasteiger partial charge in [0.25, 0.3) is 0 Å². The normalized spacial score (nSPS) is 18.2. The number of amides is 2. The van der Waals surface area contributed by atoms with Gasteiger partial charge in [-0.15, -0.1) is 0 Å². The number of methoxy groups -OCH3 is 1. The molecule has 0 bridgehead atoms. The Balaban J connectivity index is 2.03. The molecule has 2 rings (SSSR count). The quantitative estimate of drug-likeness (QED) is 0.888. The van der Waals surface area contributed by atoms with Crippen LogP contribution in [0.5, 0.6) is 5.75 Å². The lowest BCUT2D eigenvalue weighted by Crippen LogP contribution is -2.33. The third-order valence-electron chi connectivity index (χ3n) is 3.43. The minimum Gasteiger partial charge on any atom is -0.497 e. The van der Waals surface area contributed by atoms with Crippen molar-refractivity contribution in [1.29, 1.82) is 0 Å². The van der Waals surface area contributed by atoms with E-state index in [4.69, 9.17) is 4.74 Å². The second kappa shape index (κ2) is 6.41. The van der Waals surface area contributed by atoms with Crippen LogP contribution in [0.3, 0.4) is 0 Å². The first kappa shape index (κ1) is 14.4. The molecule has 0 spiro atoms. The summed E-state index contributed by atoms with van der Waals surface area (Å²) in [6, 6.07) is 7.30. The Morgan fingerprint density at radius 1 is 1.40 bits per heavy atom. The van der Waals surface area contributed by atoms with Crippen LogP contribution in [0.15, 0.2) is 24.3 Å². The van der Waals surface area contributed by atoms with Crippen LogP contribution in [0.4, 0.5) is 5.69 Å². The van der Waals surface area contributed by atoms with Gasteiger partial charge < -0.3 is 15.0 Å². The number of hydrogen-bond donors (Lipinski definition) is 1. The molecule has 20 heavy (non-hydrogen) atoms. The molecule has 2 amide bonds. The first-order valence-electron chi connectivity index (χ1n) is 6.87. The van der Waals surface area contributed by atoms with E-state index >= 15 is 0 Å². The fourth-order valence-electron chi connectivity index (χ4n) is 2.29. The molecule has 1 aliphatic rings. The number of carbonyl (C=O) groups is 2. The van der Waals surface area contributed by atoms with Crippen molar-refractivity contribution in [2.45, 2.75) is 19.8 Å². The summed E-state index contributed by atoms with van der Waals surface area (Å²) in [4.78, 5) is 25.6. The highest BCUT2D eigenvalue weighted by Gasteiger charge is 2.34. The maximum absolute atomic E-state index is 12.0. The van der Waals surface area contributed by atoms with Gasteiger partial charge in [-0.2, -0.15) is 0 Å². The zero-order chi connectivity index (χ0) is 14.5. The molecule has 0 aliphatic carbocycles. The molecule has 5 nitrogen and oxygen atoms in total. The Hall–Kier alpha value is -2.04. The lowest BCUT2D eigenvalue weighted by atomic mass is 10.1. The van der Waals surface area contributed by atoms with Gasteiger partial charge in [0.05, 0.1) is 13.0 Å². The van der Waals surface area contributed by atoms with E-state index in [1.54, 1.807) is 12.0 Å². The van der Waals surface area contributed by atoms with Crippen molar-refractivity contribution >= 4 is 17.5 Å². The molecule has 1 aliphatic heterocycles. The summed E-state index contributed by atoms with van der Waals surface area (Å²) in [7, 11) is 1.60. The van der Waals surface area contributed by atoms with Crippen LogP contribution in [0.2, 0.25) is 0 Å². The smallest absolute Gasteiger partial charge is 0.227 e. The Labute approximate surface area is 118 Å². The molecule has 0 aromatic heterocycles. The summed E-state index contributed by atoms with van der Waals surface area (Å²) in [6.45, 7) is 3.11. The molecule has 108 valence electrons. The van der Waals surface area contributed by atoms with Gasteiger partial charge in [-0.1, -0.05) is 6.92 Å². The molecule has 5 heteroatoms. The van der Waals surface area contributed by atoms with Gasteiger partial charge in [-0.05, 0) is 30.7 Å². The van der Waals surface area contributed by atoms with Crippen molar-refractivity contribution in [1.82, 2.24) is 5.32 Å². The highest BCUT2D eigenvalue weighted by atomic mass is 16.5. The molecule has 1 atom stereocenters. The summed E-state index contributed by atoms with van der Waals surface area (Å²) in [5, 5.41) is 2.85. The van der Waals surface area contributed by atoms with Crippen LogP contribution in [0.1, 0.15) is 19.8 Å². The van der Waals surface area contributed by atoms with Crippen LogP contribution in [0.25, 0.3) is 0 Å². The molecule has 1 N–H and O–H groups in total. The number of nitrogens with zero attached hydrogens (tertiary/aromatic N) is 1. The summed E-state index contributed by atoms with van der Waals surface area (Å²) in [5.74, 6) is 0.455. The molecule has 1 aromatic carbocycles.